The van der Waals surface area contributed by atoms with Gasteiger partial charge in [0.1, 0.15) is 12.2 Å². The van der Waals surface area contributed by atoms with Crippen LogP contribution in [0.25, 0.3) is 0 Å². The van der Waals surface area contributed by atoms with Crippen LogP contribution in [-0.2, 0) is 6.54 Å². The molecular weight excluding hydrogens is 233 g/mol. The minimum absolute atomic E-state index is 0.0624. The molecule has 1 unspecified atom stereocenters. The van der Waals surface area contributed by atoms with Crippen LogP contribution >= 0.6 is 0 Å². The van der Waals surface area contributed by atoms with Gasteiger partial charge in [-0.2, -0.15) is 18.3 Å². The summed E-state index contributed by atoms with van der Waals surface area (Å²) >= 11 is 0. The number of aromatic nitrogens is 2. The molecule has 1 aromatic rings. The molecule has 3 nitrogen and oxygen atoms in total. The van der Waals surface area contributed by atoms with Crippen molar-refractivity contribution >= 4 is 0 Å². The molecule has 0 aliphatic rings. The predicted octanol–water partition coefficient (Wildman–Crippen LogP) is 2.40. The van der Waals surface area contributed by atoms with Crippen molar-refractivity contribution in [3.63, 3.8) is 0 Å². The summed E-state index contributed by atoms with van der Waals surface area (Å²) in [4.78, 5) is 0. The standard InChI is InChI=1S/C8H10F5N3/c1-4(14)6-2-5(7(9)10)15-16(6)3-8(11,12)13/h2,4,7H,3,14H2,1H3. The van der Waals surface area contributed by atoms with E-state index < -0.39 is 30.9 Å². The summed E-state index contributed by atoms with van der Waals surface area (Å²) in [6, 6.07) is 0.100. The van der Waals surface area contributed by atoms with Gasteiger partial charge >= 0.3 is 6.18 Å². The molecule has 0 aromatic carbocycles. The third kappa shape index (κ3) is 3.16. The Labute approximate surface area is 88.0 Å². The number of hydrogen-bond donors (Lipinski definition) is 1. The first-order chi connectivity index (χ1) is 7.20. The Morgan fingerprint density at radius 2 is 2.00 bits per heavy atom. The second-order valence-corrected chi connectivity index (χ2v) is 3.36. The molecule has 8 heteroatoms. The van der Waals surface area contributed by atoms with Gasteiger partial charge < -0.3 is 5.73 Å². The Morgan fingerprint density at radius 1 is 1.44 bits per heavy atom. The molecule has 0 fully saturated rings. The molecule has 0 aliphatic heterocycles. The monoisotopic (exact) mass is 243 g/mol. The molecule has 0 aliphatic carbocycles. The molecule has 0 saturated carbocycles. The highest BCUT2D eigenvalue weighted by Gasteiger charge is 2.31. The van der Waals surface area contributed by atoms with Crippen LogP contribution in [0.4, 0.5) is 22.0 Å². The average molecular weight is 243 g/mol. The van der Waals surface area contributed by atoms with E-state index in [9.17, 15) is 22.0 Å². The third-order valence-electron chi connectivity index (χ3n) is 1.85. The highest BCUT2D eigenvalue weighted by molar-refractivity contribution is 5.14. The first kappa shape index (κ1) is 12.9. The Balaban J connectivity index is 3.06. The lowest BCUT2D eigenvalue weighted by Gasteiger charge is -2.11. The zero-order valence-electron chi connectivity index (χ0n) is 8.30. The van der Waals surface area contributed by atoms with Gasteiger partial charge in [-0.15, -0.1) is 0 Å². The van der Waals surface area contributed by atoms with Gasteiger partial charge in [0.15, 0.2) is 0 Å². The van der Waals surface area contributed by atoms with Gasteiger partial charge in [-0.05, 0) is 13.0 Å². The van der Waals surface area contributed by atoms with Crippen LogP contribution in [0.5, 0.6) is 0 Å². The molecule has 16 heavy (non-hydrogen) atoms. The number of halogens is 5. The van der Waals surface area contributed by atoms with Crippen LogP contribution in [0, 0.1) is 0 Å². The van der Waals surface area contributed by atoms with Crippen molar-refractivity contribution < 1.29 is 22.0 Å². The SMILES string of the molecule is CC(N)c1cc(C(F)F)nn1CC(F)(F)F. The summed E-state index contributed by atoms with van der Waals surface area (Å²) in [7, 11) is 0. The summed E-state index contributed by atoms with van der Waals surface area (Å²) in [5.74, 6) is 0. The molecule has 0 amide bonds. The molecule has 2 N–H and O–H groups in total. The highest BCUT2D eigenvalue weighted by atomic mass is 19.4. The number of alkyl halides is 5. The summed E-state index contributed by atoms with van der Waals surface area (Å²) in [5.41, 5.74) is 4.61. The molecule has 1 aromatic heterocycles. The first-order valence-electron chi connectivity index (χ1n) is 4.39. The number of nitrogens with two attached hydrogens (primary N) is 1. The van der Waals surface area contributed by atoms with E-state index in [0.717, 1.165) is 6.07 Å². The van der Waals surface area contributed by atoms with Gasteiger partial charge in [0.2, 0.25) is 0 Å². The second-order valence-electron chi connectivity index (χ2n) is 3.36. The molecule has 92 valence electrons. The van der Waals surface area contributed by atoms with Crippen LogP contribution in [0.15, 0.2) is 6.07 Å². The van der Waals surface area contributed by atoms with E-state index in [0.29, 0.717) is 4.68 Å². The van der Waals surface area contributed by atoms with E-state index in [2.05, 4.69) is 5.10 Å². The van der Waals surface area contributed by atoms with Crippen molar-refractivity contribution in [1.29, 1.82) is 0 Å². The van der Waals surface area contributed by atoms with Gasteiger partial charge in [0, 0.05) is 6.04 Å². The fraction of sp³-hybridized carbons (Fsp3) is 0.625. The molecule has 1 atom stereocenters. The molecule has 0 spiro atoms. The van der Waals surface area contributed by atoms with Gasteiger partial charge in [-0.1, -0.05) is 0 Å². The predicted molar refractivity (Wildman–Crippen MR) is 45.8 cm³/mol. The summed E-state index contributed by atoms with van der Waals surface area (Å²) < 4.78 is 61.3. The van der Waals surface area contributed by atoms with E-state index >= 15 is 0 Å². The molecule has 0 bridgehead atoms. The van der Waals surface area contributed by atoms with Gasteiger partial charge in [0.25, 0.3) is 6.43 Å². The zero-order valence-corrected chi connectivity index (χ0v) is 8.30. The first-order valence-corrected chi connectivity index (χ1v) is 4.39. The largest absolute Gasteiger partial charge is 0.408 e. The minimum atomic E-state index is -4.52. The van der Waals surface area contributed by atoms with Crippen LogP contribution in [0.1, 0.15) is 30.8 Å². The van der Waals surface area contributed by atoms with Crippen LogP contribution in [0.3, 0.4) is 0 Å². The molecular formula is C8H10F5N3. The van der Waals surface area contributed by atoms with Gasteiger partial charge in [-0.25, -0.2) is 8.78 Å². The highest BCUT2D eigenvalue weighted by Crippen LogP contribution is 2.24. The Bertz CT molecular complexity index is 355. The Kier molecular flexibility index (Phi) is 3.51. The lowest BCUT2D eigenvalue weighted by atomic mass is 10.2. The summed E-state index contributed by atoms with van der Waals surface area (Å²) in [5, 5.41) is 3.18. The number of nitrogens with zero attached hydrogens (tertiary/aromatic N) is 2. The van der Waals surface area contributed by atoms with Crippen molar-refractivity contribution in [2.45, 2.75) is 32.1 Å². The maximum atomic E-state index is 12.3. The van der Waals surface area contributed by atoms with Crippen LogP contribution in [0.2, 0.25) is 0 Å². The second kappa shape index (κ2) is 4.36. The smallest absolute Gasteiger partial charge is 0.323 e. The number of rotatable bonds is 3. The molecule has 0 saturated heterocycles. The van der Waals surface area contributed by atoms with E-state index in [1.165, 1.54) is 6.92 Å². The molecule has 1 heterocycles. The van der Waals surface area contributed by atoms with Crippen LogP contribution in [-0.4, -0.2) is 16.0 Å². The Morgan fingerprint density at radius 3 is 2.38 bits per heavy atom. The molecule has 0 radical (unpaired) electrons. The average Bonchev–Trinajstić information content (AvgIpc) is 2.44. The van der Waals surface area contributed by atoms with Gasteiger partial charge in [-0.3, -0.25) is 4.68 Å². The third-order valence-corrected chi connectivity index (χ3v) is 1.85. The lowest BCUT2D eigenvalue weighted by Crippen LogP contribution is -2.22. The maximum Gasteiger partial charge on any atom is 0.408 e. The van der Waals surface area contributed by atoms with E-state index in [-0.39, 0.29) is 5.69 Å². The quantitative estimate of drug-likeness (QED) is 0.828. The Hall–Kier alpha value is -1.18. The fourth-order valence-electron chi connectivity index (χ4n) is 1.22. The van der Waals surface area contributed by atoms with Gasteiger partial charge in [0.05, 0.1) is 5.69 Å². The van der Waals surface area contributed by atoms with Crippen molar-refractivity contribution in [3.05, 3.63) is 17.5 Å². The zero-order chi connectivity index (χ0) is 12.5. The van der Waals surface area contributed by atoms with Crippen molar-refractivity contribution in [1.82, 2.24) is 9.78 Å². The normalized spacial score (nSPS) is 14.5. The minimum Gasteiger partial charge on any atom is -0.323 e. The van der Waals surface area contributed by atoms with Crippen LogP contribution < -0.4 is 5.73 Å². The maximum absolute atomic E-state index is 12.3. The number of hydrogen-bond acceptors (Lipinski definition) is 2. The van der Waals surface area contributed by atoms with Crippen molar-refractivity contribution in [3.8, 4) is 0 Å². The van der Waals surface area contributed by atoms with E-state index in [4.69, 9.17) is 5.73 Å². The lowest BCUT2D eigenvalue weighted by molar-refractivity contribution is -0.143. The summed E-state index contributed by atoms with van der Waals surface area (Å²) in [6.07, 6.45) is -7.43. The fourth-order valence-corrected chi connectivity index (χ4v) is 1.22. The van der Waals surface area contributed by atoms with E-state index in [1.54, 1.807) is 0 Å². The molecule has 1 rings (SSSR count). The van der Waals surface area contributed by atoms with Crippen molar-refractivity contribution in [2.75, 3.05) is 0 Å². The van der Waals surface area contributed by atoms with Crippen molar-refractivity contribution in [2.24, 2.45) is 5.73 Å². The van der Waals surface area contributed by atoms with E-state index in [1.807, 2.05) is 0 Å². The topological polar surface area (TPSA) is 43.8 Å². The summed E-state index contributed by atoms with van der Waals surface area (Å²) in [6.45, 7) is -0.0181.